The van der Waals surface area contributed by atoms with Crippen LogP contribution in [0.5, 0.6) is 0 Å². The van der Waals surface area contributed by atoms with E-state index in [1.54, 1.807) is 0 Å². The predicted octanol–water partition coefficient (Wildman–Crippen LogP) is 5.95. The van der Waals surface area contributed by atoms with E-state index in [1.807, 2.05) is 0 Å². The highest BCUT2D eigenvalue weighted by atomic mass is 19.1. The Kier molecular flexibility index (Phi) is 4.83. The zero-order valence-electron chi connectivity index (χ0n) is 17.1. The molecular formula is C24H28F2O2. The summed E-state index contributed by atoms with van der Waals surface area (Å²) in [4.78, 5) is 0. The molecule has 0 atom stereocenters. The molecule has 0 N–H and O–H groups in total. The van der Waals surface area contributed by atoms with Gasteiger partial charge in [0.1, 0.15) is 11.6 Å². The van der Waals surface area contributed by atoms with Gasteiger partial charge in [0, 0.05) is 18.1 Å². The molecule has 1 fully saturated rings. The standard InChI is InChI=1S/C24H28F2O2/c1-23(2)7-8-24(3,4)20-14-18(22-27-9-10-28-22)16(12-19(20)23)11-15-5-6-17(25)13-21(15)26/h5-6,12-14,22H,7-11H2,1-4H3. The number of hydrogen-bond acceptors (Lipinski definition) is 2. The normalized spacial score (nSPS) is 20.9. The molecule has 1 aliphatic heterocycles. The Labute approximate surface area is 165 Å². The summed E-state index contributed by atoms with van der Waals surface area (Å²) in [5.74, 6) is -1.08. The molecule has 28 heavy (non-hydrogen) atoms. The first-order valence-electron chi connectivity index (χ1n) is 10.0. The van der Waals surface area contributed by atoms with E-state index >= 15 is 0 Å². The van der Waals surface area contributed by atoms with E-state index in [0.29, 0.717) is 25.2 Å². The Hall–Kier alpha value is -1.78. The summed E-state index contributed by atoms with van der Waals surface area (Å²) < 4.78 is 39.3. The van der Waals surface area contributed by atoms with Crippen LogP contribution in [0.4, 0.5) is 8.78 Å². The van der Waals surface area contributed by atoms with Crippen molar-refractivity contribution in [3.63, 3.8) is 0 Å². The maximum atomic E-state index is 14.4. The third-order valence-corrected chi connectivity index (χ3v) is 6.38. The van der Waals surface area contributed by atoms with Crippen LogP contribution >= 0.6 is 0 Å². The van der Waals surface area contributed by atoms with Gasteiger partial charge >= 0.3 is 0 Å². The summed E-state index contributed by atoms with van der Waals surface area (Å²) in [5.41, 5.74) is 5.18. The molecule has 2 nitrogen and oxygen atoms in total. The van der Waals surface area contributed by atoms with Crippen molar-refractivity contribution in [2.24, 2.45) is 0 Å². The molecule has 1 aliphatic carbocycles. The van der Waals surface area contributed by atoms with E-state index in [1.165, 1.54) is 23.3 Å². The van der Waals surface area contributed by atoms with Crippen molar-refractivity contribution in [3.05, 3.63) is 69.8 Å². The second kappa shape index (κ2) is 6.93. The van der Waals surface area contributed by atoms with Crippen molar-refractivity contribution in [3.8, 4) is 0 Å². The average Bonchev–Trinajstić information content (AvgIpc) is 3.15. The first kappa shape index (κ1) is 19.5. The van der Waals surface area contributed by atoms with Crippen LogP contribution in [0, 0.1) is 11.6 Å². The van der Waals surface area contributed by atoms with Crippen LogP contribution < -0.4 is 0 Å². The van der Waals surface area contributed by atoms with E-state index in [0.717, 1.165) is 30.0 Å². The van der Waals surface area contributed by atoms with Crippen molar-refractivity contribution < 1.29 is 18.3 Å². The summed E-state index contributed by atoms with van der Waals surface area (Å²) in [6, 6.07) is 8.21. The lowest BCUT2D eigenvalue weighted by Gasteiger charge is -2.42. The lowest BCUT2D eigenvalue weighted by molar-refractivity contribution is -0.0448. The van der Waals surface area contributed by atoms with Gasteiger partial charge in [-0.3, -0.25) is 0 Å². The summed E-state index contributed by atoms with van der Waals surface area (Å²) in [7, 11) is 0. The van der Waals surface area contributed by atoms with Crippen LogP contribution in [0.15, 0.2) is 30.3 Å². The summed E-state index contributed by atoms with van der Waals surface area (Å²) in [6.07, 6.45) is 2.18. The summed E-state index contributed by atoms with van der Waals surface area (Å²) in [6.45, 7) is 10.2. The Bertz CT molecular complexity index is 896. The van der Waals surface area contributed by atoms with Gasteiger partial charge in [-0.2, -0.15) is 0 Å². The van der Waals surface area contributed by atoms with E-state index in [9.17, 15) is 8.78 Å². The van der Waals surface area contributed by atoms with Crippen LogP contribution in [0.3, 0.4) is 0 Å². The number of ether oxygens (including phenoxy) is 2. The Morgan fingerprint density at radius 1 is 0.857 bits per heavy atom. The van der Waals surface area contributed by atoms with Gasteiger partial charge in [0.15, 0.2) is 6.29 Å². The molecule has 0 bridgehead atoms. The van der Waals surface area contributed by atoms with Gasteiger partial charge in [-0.15, -0.1) is 0 Å². The van der Waals surface area contributed by atoms with Gasteiger partial charge in [-0.25, -0.2) is 8.78 Å². The lowest BCUT2D eigenvalue weighted by Crippen LogP contribution is -2.34. The largest absolute Gasteiger partial charge is 0.346 e. The van der Waals surface area contributed by atoms with E-state index < -0.39 is 17.9 Å². The molecule has 2 aliphatic rings. The molecule has 0 aromatic heterocycles. The van der Waals surface area contributed by atoms with Crippen molar-refractivity contribution in [2.45, 2.75) is 64.1 Å². The van der Waals surface area contributed by atoms with Crippen LogP contribution in [-0.4, -0.2) is 13.2 Å². The maximum Gasteiger partial charge on any atom is 0.184 e. The number of benzene rings is 2. The Morgan fingerprint density at radius 2 is 1.46 bits per heavy atom. The molecule has 0 amide bonds. The van der Waals surface area contributed by atoms with Crippen molar-refractivity contribution in [1.29, 1.82) is 0 Å². The van der Waals surface area contributed by atoms with Gasteiger partial charge in [-0.1, -0.05) is 39.8 Å². The highest BCUT2D eigenvalue weighted by molar-refractivity contribution is 5.49. The monoisotopic (exact) mass is 386 g/mol. The molecule has 150 valence electrons. The zero-order valence-corrected chi connectivity index (χ0v) is 17.1. The Morgan fingerprint density at radius 3 is 2.07 bits per heavy atom. The Balaban J connectivity index is 1.86. The average molecular weight is 386 g/mol. The highest BCUT2D eigenvalue weighted by Gasteiger charge is 2.38. The number of rotatable bonds is 3. The van der Waals surface area contributed by atoms with Gasteiger partial charge in [0.2, 0.25) is 0 Å². The fourth-order valence-electron chi connectivity index (χ4n) is 4.46. The second-order valence-corrected chi connectivity index (χ2v) is 9.35. The maximum absolute atomic E-state index is 14.4. The van der Waals surface area contributed by atoms with E-state index in [2.05, 4.69) is 39.8 Å². The fraction of sp³-hybridized carbons (Fsp3) is 0.500. The van der Waals surface area contributed by atoms with Crippen LogP contribution in [0.1, 0.15) is 74.6 Å². The number of halogens is 2. The third-order valence-electron chi connectivity index (χ3n) is 6.38. The molecule has 0 unspecified atom stereocenters. The summed E-state index contributed by atoms with van der Waals surface area (Å²) in [5, 5.41) is 0. The minimum absolute atomic E-state index is 0.0524. The third kappa shape index (κ3) is 3.48. The minimum atomic E-state index is -0.558. The molecule has 4 heteroatoms. The first-order chi connectivity index (χ1) is 13.2. The molecule has 1 heterocycles. The number of hydrogen-bond donors (Lipinski definition) is 0. The predicted molar refractivity (Wildman–Crippen MR) is 106 cm³/mol. The number of fused-ring (bicyclic) bond motifs is 1. The van der Waals surface area contributed by atoms with E-state index in [-0.39, 0.29) is 10.8 Å². The van der Waals surface area contributed by atoms with Crippen LogP contribution in [0.25, 0.3) is 0 Å². The topological polar surface area (TPSA) is 18.5 Å². The molecule has 2 aromatic carbocycles. The summed E-state index contributed by atoms with van der Waals surface area (Å²) >= 11 is 0. The second-order valence-electron chi connectivity index (χ2n) is 9.35. The molecular weight excluding hydrogens is 358 g/mol. The van der Waals surface area contributed by atoms with Crippen LogP contribution in [-0.2, 0) is 26.7 Å². The first-order valence-corrected chi connectivity index (χ1v) is 10.0. The minimum Gasteiger partial charge on any atom is -0.346 e. The smallest absolute Gasteiger partial charge is 0.184 e. The van der Waals surface area contributed by atoms with Gasteiger partial charge in [0.05, 0.1) is 13.2 Å². The molecule has 4 rings (SSSR count). The highest BCUT2D eigenvalue weighted by Crippen LogP contribution is 2.47. The van der Waals surface area contributed by atoms with Gasteiger partial charge < -0.3 is 9.47 Å². The van der Waals surface area contributed by atoms with E-state index in [4.69, 9.17) is 9.47 Å². The lowest BCUT2D eigenvalue weighted by atomic mass is 9.62. The molecule has 0 radical (unpaired) electrons. The van der Waals surface area contributed by atoms with Crippen molar-refractivity contribution in [2.75, 3.05) is 13.2 Å². The van der Waals surface area contributed by atoms with Gasteiger partial charge in [0.25, 0.3) is 0 Å². The SMILES string of the molecule is CC1(C)CCC(C)(C)c2cc(C3OCCO3)c(Cc3ccc(F)cc3F)cc21. The molecule has 1 saturated heterocycles. The molecule has 0 saturated carbocycles. The molecule has 2 aromatic rings. The quantitative estimate of drug-likeness (QED) is 0.649. The van der Waals surface area contributed by atoms with Gasteiger partial charge in [-0.05, 0) is 58.1 Å². The zero-order chi connectivity index (χ0) is 20.1. The fourth-order valence-corrected chi connectivity index (χ4v) is 4.46. The van der Waals surface area contributed by atoms with Crippen molar-refractivity contribution in [1.82, 2.24) is 0 Å². The van der Waals surface area contributed by atoms with Crippen molar-refractivity contribution >= 4 is 0 Å². The van der Waals surface area contributed by atoms with Crippen LogP contribution in [0.2, 0.25) is 0 Å². The molecule has 0 spiro atoms.